The summed E-state index contributed by atoms with van der Waals surface area (Å²) in [7, 11) is 0. The SMILES string of the molecule is CC(Br)(CBr)CBr. The van der Waals surface area contributed by atoms with Gasteiger partial charge < -0.3 is 0 Å². The van der Waals surface area contributed by atoms with Crippen molar-refractivity contribution in [3.05, 3.63) is 0 Å². The summed E-state index contributed by atoms with van der Waals surface area (Å²) in [5.41, 5.74) is 0. The molecule has 0 aromatic rings. The smallest absolute Gasteiger partial charge is 0.0423 e. The number of halogens is 3. The predicted octanol–water partition coefficient (Wildman–Crippen LogP) is 2.93. The van der Waals surface area contributed by atoms with E-state index in [1.54, 1.807) is 0 Å². The Morgan fingerprint density at radius 1 is 1.29 bits per heavy atom. The highest BCUT2D eigenvalue weighted by Crippen LogP contribution is 2.21. The van der Waals surface area contributed by atoms with Gasteiger partial charge in [0.05, 0.1) is 0 Å². The van der Waals surface area contributed by atoms with Gasteiger partial charge in [-0.25, -0.2) is 0 Å². The van der Waals surface area contributed by atoms with Gasteiger partial charge in [-0.2, -0.15) is 0 Å². The number of alkyl halides is 3. The Bertz CT molecular complexity index is 44.9. The van der Waals surface area contributed by atoms with Crippen LogP contribution in [0.2, 0.25) is 0 Å². The molecule has 0 nitrogen and oxygen atoms in total. The van der Waals surface area contributed by atoms with Crippen molar-refractivity contribution in [3.8, 4) is 0 Å². The van der Waals surface area contributed by atoms with Gasteiger partial charge in [0, 0.05) is 15.0 Å². The second-order valence-corrected chi connectivity index (χ2v) is 4.72. The molecule has 0 rings (SSSR count). The Hall–Kier alpha value is 1.44. The third-order valence-corrected chi connectivity index (χ3v) is 5.10. The molecule has 0 unspecified atom stereocenters. The van der Waals surface area contributed by atoms with E-state index in [1.165, 1.54) is 0 Å². The van der Waals surface area contributed by atoms with Crippen LogP contribution in [0.15, 0.2) is 0 Å². The zero-order chi connectivity index (χ0) is 5.91. The summed E-state index contributed by atoms with van der Waals surface area (Å²) in [5.74, 6) is 0. The summed E-state index contributed by atoms with van der Waals surface area (Å²) in [4.78, 5) is 0. The molecule has 0 bridgehead atoms. The molecule has 0 saturated heterocycles. The summed E-state index contributed by atoms with van der Waals surface area (Å²) in [5, 5.41) is 1.95. The van der Waals surface area contributed by atoms with E-state index < -0.39 is 0 Å². The van der Waals surface area contributed by atoms with E-state index in [4.69, 9.17) is 0 Å². The molecular formula is C4H7Br3. The zero-order valence-corrected chi connectivity index (χ0v) is 8.81. The molecule has 0 aromatic carbocycles. The molecule has 0 fully saturated rings. The van der Waals surface area contributed by atoms with Crippen LogP contribution in [0, 0.1) is 0 Å². The monoisotopic (exact) mass is 292 g/mol. The topological polar surface area (TPSA) is 0 Å². The highest BCUT2D eigenvalue weighted by atomic mass is 79.9. The van der Waals surface area contributed by atoms with Gasteiger partial charge in [-0.05, 0) is 6.92 Å². The van der Waals surface area contributed by atoms with Gasteiger partial charge in [-0.15, -0.1) is 0 Å². The average Bonchev–Trinajstić information content (AvgIpc) is 1.68. The van der Waals surface area contributed by atoms with Crippen molar-refractivity contribution in [2.45, 2.75) is 11.2 Å². The minimum absolute atomic E-state index is 0.229. The zero-order valence-electron chi connectivity index (χ0n) is 4.05. The molecule has 0 aliphatic carbocycles. The molecule has 3 heteroatoms. The van der Waals surface area contributed by atoms with E-state index in [2.05, 4.69) is 54.7 Å². The third kappa shape index (κ3) is 3.98. The average molecular weight is 295 g/mol. The summed E-state index contributed by atoms with van der Waals surface area (Å²) in [6.07, 6.45) is 0. The van der Waals surface area contributed by atoms with Gasteiger partial charge in [-0.1, -0.05) is 47.8 Å². The normalized spacial score (nSPS) is 12.0. The lowest BCUT2D eigenvalue weighted by atomic mass is 10.3. The summed E-state index contributed by atoms with van der Waals surface area (Å²) in [6, 6.07) is 0. The third-order valence-electron chi connectivity index (χ3n) is 0.557. The second-order valence-electron chi connectivity index (χ2n) is 1.68. The van der Waals surface area contributed by atoms with Gasteiger partial charge in [0.2, 0.25) is 0 Å². The lowest BCUT2D eigenvalue weighted by Crippen LogP contribution is -2.18. The van der Waals surface area contributed by atoms with Gasteiger partial charge in [0.15, 0.2) is 0 Å². The van der Waals surface area contributed by atoms with Crippen LogP contribution in [0.3, 0.4) is 0 Å². The first kappa shape index (κ1) is 8.44. The molecule has 7 heavy (non-hydrogen) atoms. The van der Waals surface area contributed by atoms with Crippen LogP contribution in [0.1, 0.15) is 6.92 Å². The number of hydrogen-bond donors (Lipinski definition) is 0. The van der Waals surface area contributed by atoms with E-state index in [0.717, 1.165) is 10.7 Å². The summed E-state index contributed by atoms with van der Waals surface area (Å²) < 4.78 is 0.229. The maximum absolute atomic E-state index is 3.49. The van der Waals surface area contributed by atoms with Crippen LogP contribution in [-0.2, 0) is 0 Å². The molecule has 0 atom stereocenters. The molecular weight excluding hydrogens is 288 g/mol. The molecule has 0 saturated carbocycles. The second kappa shape index (κ2) is 3.46. The largest absolute Gasteiger partial charge is 0.0913 e. The minimum atomic E-state index is 0.229. The molecule has 0 radical (unpaired) electrons. The van der Waals surface area contributed by atoms with E-state index in [-0.39, 0.29) is 4.32 Å². The van der Waals surface area contributed by atoms with Gasteiger partial charge in [-0.3, -0.25) is 0 Å². The lowest BCUT2D eigenvalue weighted by molar-refractivity contribution is 0.865. The fourth-order valence-electron chi connectivity index (χ4n) is 0.0357. The Morgan fingerprint density at radius 3 is 1.57 bits per heavy atom. The Balaban J connectivity index is 3.36. The number of rotatable bonds is 2. The standard InChI is InChI=1S/C4H7Br3/c1-4(7,2-5)3-6/h2-3H2,1H3. The summed E-state index contributed by atoms with van der Waals surface area (Å²) in [6.45, 7) is 2.12. The van der Waals surface area contributed by atoms with Gasteiger partial charge >= 0.3 is 0 Å². The van der Waals surface area contributed by atoms with Crippen LogP contribution in [0.4, 0.5) is 0 Å². The van der Waals surface area contributed by atoms with Crippen LogP contribution in [0.25, 0.3) is 0 Å². The van der Waals surface area contributed by atoms with Crippen molar-refractivity contribution >= 4 is 47.8 Å². The van der Waals surface area contributed by atoms with Crippen LogP contribution < -0.4 is 0 Å². The van der Waals surface area contributed by atoms with Crippen molar-refractivity contribution in [1.29, 1.82) is 0 Å². The first-order chi connectivity index (χ1) is 3.12. The molecule has 0 spiro atoms. The van der Waals surface area contributed by atoms with E-state index in [1.807, 2.05) is 0 Å². The molecule has 0 amide bonds. The molecule has 0 aliphatic heterocycles. The van der Waals surface area contributed by atoms with Crippen LogP contribution in [0.5, 0.6) is 0 Å². The van der Waals surface area contributed by atoms with Crippen molar-refractivity contribution in [3.63, 3.8) is 0 Å². The highest BCUT2D eigenvalue weighted by molar-refractivity contribution is 9.13. The minimum Gasteiger partial charge on any atom is -0.0913 e. The Morgan fingerprint density at radius 2 is 1.57 bits per heavy atom. The van der Waals surface area contributed by atoms with Crippen molar-refractivity contribution < 1.29 is 0 Å². The van der Waals surface area contributed by atoms with Crippen molar-refractivity contribution in [2.75, 3.05) is 10.7 Å². The highest BCUT2D eigenvalue weighted by Gasteiger charge is 2.14. The fraction of sp³-hybridized carbons (Fsp3) is 1.00. The van der Waals surface area contributed by atoms with E-state index in [9.17, 15) is 0 Å². The van der Waals surface area contributed by atoms with Crippen molar-refractivity contribution in [2.24, 2.45) is 0 Å². The molecule has 44 valence electrons. The molecule has 0 aromatic heterocycles. The maximum Gasteiger partial charge on any atom is 0.0423 e. The number of hydrogen-bond acceptors (Lipinski definition) is 0. The van der Waals surface area contributed by atoms with Crippen molar-refractivity contribution in [1.82, 2.24) is 0 Å². The van der Waals surface area contributed by atoms with E-state index >= 15 is 0 Å². The van der Waals surface area contributed by atoms with Crippen LogP contribution in [-0.4, -0.2) is 15.0 Å². The van der Waals surface area contributed by atoms with Crippen LogP contribution >= 0.6 is 47.8 Å². The lowest BCUT2D eigenvalue weighted by Gasteiger charge is -2.13. The maximum atomic E-state index is 3.49. The first-order valence-corrected chi connectivity index (χ1v) is 4.97. The molecule has 0 heterocycles. The molecule has 0 N–H and O–H groups in total. The Labute approximate surface area is 69.4 Å². The van der Waals surface area contributed by atoms with E-state index in [0.29, 0.717) is 0 Å². The Kier molecular flexibility index (Phi) is 4.17. The van der Waals surface area contributed by atoms with Gasteiger partial charge in [0.25, 0.3) is 0 Å². The first-order valence-electron chi connectivity index (χ1n) is 1.93. The summed E-state index contributed by atoms with van der Waals surface area (Å²) >= 11 is 10.2. The molecule has 0 aliphatic rings. The fourth-order valence-corrected chi connectivity index (χ4v) is 0.964. The quantitative estimate of drug-likeness (QED) is 0.687. The predicted molar refractivity (Wildman–Crippen MR) is 44.9 cm³/mol. The van der Waals surface area contributed by atoms with Gasteiger partial charge in [0.1, 0.15) is 0 Å².